The van der Waals surface area contributed by atoms with Crippen LogP contribution in [0, 0.1) is 6.92 Å². The van der Waals surface area contributed by atoms with Crippen LogP contribution in [0.3, 0.4) is 0 Å². The van der Waals surface area contributed by atoms with E-state index in [-0.39, 0.29) is 12.7 Å². The predicted octanol–water partition coefficient (Wildman–Crippen LogP) is 3.16. The Balaban J connectivity index is 1.47. The lowest BCUT2D eigenvalue weighted by molar-refractivity contribution is -0.115. The first-order valence-corrected chi connectivity index (χ1v) is 7.21. The summed E-state index contributed by atoms with van der Waals surface area (Å²) in [4.78, 5) is 11.9. The molecule has 1 amide bonds. The molecule has 1 heterocycles. The number of hydrogen-bond donors (Lipinski definition) is 2. The molecule has 0 aliphatic carbocycles. The molecule has 2 N–H and O–H groups in total. The number of ether oxygens (including phenoxy) is 2. The summed E-state index contributed by atoms with van der Waals surface area (Å²) in [7, 11) is 0. The molecule has 114 valence electrons. The number of nitrogens with one attached hydrogen (secondary N) is 2. The molecule has 0 aromatic heterocycles. The Morgan fingerprint density at radius 3 is 2.59 bits per heavy atom. The van der Waals surface area contributed by atoms with E-state index in [1.54, 1.807) is 18.2 Å². The lowest BCUT2D eigenvalue weighted by Crippen LogP contribution is -2.16. The Hall–Kier alpha value is -2.69. The third-order valence-corrected chi connectivity index (χ3v) is 3.39. The highest BCUT2D eigenvalue weighted by molar-refractivity contribution is 5.91. The molecule has 22 heavy (non-hydrogen) atoms. The van der Waals surface area contributed by atoms with Crippen molar-refractivity contribution in [2.45, 2.75) is 13.3 Å². The molecule has 0 saturated heterocycles. The van der Waals surface area contributed by atoms with E-state index in [1.807, 2.05) is 31.2 Å². The van der Waals surface area contributed by atoms with Crippen LogP contribution in [-0.4, -0.2) is 19.2 Å². The third-order valence-electron chi connectivity index (χ3n) is 3.39. The number of benzene rings is 2. The highest BCUT2D eigenvalue weighted by Gasteiger charge is 2.13. The molecule has 5 nitrogen and oxygen atoms in total. The number of carbonyl (C=O) groups is 1. The van der Waals surface area contributed by atoms with Crippen molar-refractivity contribution in [1.82, 2.24) is 0 Å². The Morgan fingerprint density at radius 2 is 1.77 bits per heavy atom. The summed E-state index contributed by atoms with van der Waals surface area (Å²) in [6.07, 6.45) is 0.391. The highest BCUT2D eigenvalue weighted by atomic mass is 16.7. The molecule has 5 heteroatoms. The average Bonchev–Trinajstić information content (AvgIpc) is 2.97. The summed E-state index contributed by atoms with van der Waals surface area (Å²) >= 11 is 0. The van der Waals surface area contributed by atoms with Gasteiger partial charge in [-0.3, -0.25) is 4.79 Å². The van der Waals surface area contributed by atoms with Crippen molar-refractivity contribution in [3.63, 3.8) is 0 Å². The number of rotatable bonds is 5. The summed E-state index contributed by atoms with van der Waals surface area (Å²) < 4.78 is 10.5. The van der Waals surface area contributed by atoms with Gasteiger partial charge in [-0.15, -0.1) is 0 Å². The molecule has 2 aromatic carbocycles. The van der Waals surface area contributed by atoms with Crippen molar-refractivity contribution in [2.75, 3.05) is 24.0 Å². The Kier molecular flexibility index (Phi) is 4.14. The molecule has 1 aliphatic heterocycles. The zero-order valence-electron chi connectivity index (χ0n) is 12.4. The van der Waals surface area contributed by atoms with E-state index in [1.165, 1.54) is 5.56 Å². The van der Waals surface area contributed by atoms with E-state index < -0.39 is 0 Å². The van der Waals surface area contributed by atoms with Crippen LogP contribution in [-0.2, 0) is 4.79 Å². The SMILES string of the molecule is Cc1ccc(NCCC(=O)Nc2ccc3c(c2)OCO3)cc1. The van der Waals surface area contributed by atoms with Crippen LogP contribution in [0.2, 0.25) is 0 Å². The van der Waals surface area contributed by atoms with Gasteiger partial charge < -0.3 is 20.1 Å². The number of carbonyl (C=O) groups excluding carboxylic acids is 1. The Labute approximate surface area is 129 Å². The van der Waals surface area contributed by atoms with Crippen LogP contribution >= 0.6 is 0 Å². The first kappa shape index (κ1) is 14.3. The molecule has 0 atom stereocenters. The minimum atomic E-state index is -0.0431. The van der Waals surface area contributed by atoms with E-state index in [0.29, 0.717) is 30.2 Å². The first-order valence-electron chi connectivity index (χ1n) is 7.21. The molecule has 0 spiro atoms. The summed E-state index contributed by atoms with van der Waals surface area (Å²) in [6, 6.07) is 13.5. The van der Waals surface area contributed by atoms with Crippen molar-refractivity contribution < 1.29 is 14.3 Å². The highest BCUT2D eigenvalue weighted by Crippen LogP contribution is 2.34. The van der Waals surface area contributed by atoms with Crippen molar-refractivity contribution in [3.05, 3.63) is 48.0 Å². The van der Waals surface area contributed by atoms with Crippen molar-refractivity contribution in [1.29, 1.82) is 0 Å². The van der Waals surface area contributed by atoms with Crippen molar-refractivity contribution in [3.8, 4) is 11.5 Å². The van der Waals surface area contributed by atoms with Gasteiger partial charge in [-0.2, -0.15) is 0 Å². The molecule has 0 fully saturated rings. The van der Waals surface area contributed by atoms with Crippen LogP contribution < -0.4 is 20.1 Å². The van der Waals surface area contributed by atoms with Gasteiger partial charge in [0, 0.05) is 30.4 Å². The monoisotopic (exact) mass is 298 g/mol. The van der Waals surface area contributed by atoms with Crippen LogP contribution in [0.25, 0.3) is 0 Å². The molecule has 3 rings (SSSR count). The average molecular weight is 298 g/mol. The summed E-state index contributed by atoms with van der Waals surface area (Å²) in [5.41, 5.74) is 2.94. The summed E-state index contributed by atoms with van der Waals surface area (Å²) in [5, 5.41) is 6.08. The first-order chi connectivity index (χ1) is 10.7. The molecule has 2 aromatic rings. The maximum Gasteiger partial charge on any atom is 0.231 e. The molecule has 0 saturated carbocycles. The quantitative estimate of drug-likeness (QED) is 0.890. The summed E-state index contributed by atoms with van der Waals surface area (Å²) in [6.45, 7) is 2.86. The second-order valence-electron chi connectivity index (χ2n) is 5.16. The lowest BCUT2D eigenvalue weighted by Gasteiger charge is -2.08. The van der Waals surface area contributed by atoms with Gasteiger partial charge in [0.2, 0.25) is 12.7 Å². The van der Waals surface area contributed by atoms with Gasteiger partial charge in [-0.1, -0.05) is 17.7 Å². The van der Waals surface area contributed by atoms with E-state index in [2.05, 4.69) is 10.6 Å². The lowest BCUT2D eigenvalue weighted by atomic mass is 10.2. The van der Waals surface area contributed by atoms with Gasteiger partial charge in [0.15, 0.2) is 11.5 Å². The molecule has 1 aliphatic rings. The van der Waals surface area contributed by atoms with Gasteiger partial charge in [-0.25, -0.2) is 0 Å². The van der Waals surface area contributed by atoms with E-state index in [9.17, 15) is 4.79 Å². The second-order valence-corrected chi connectivity index (χ2v) is 5.16. The normalized spacial score (nSPS) is 12.0. The topological polar surface area (TPSA) is 59.6 Å². The fraction of sp³-hybridized carbons (Fsp3) is 0.235. The minimum absolute atomic E-state index is 0.0431. The van der Waals surface area contributed by atoms with Gasteiger partial charge in [0.1, 0.15) is 0 Å². The Bertz CT molecular complexity index is 668. The van der Waals surface area contributed by atoms with Gasteiger partial charge in [0.05, 0.1) is 0 Å². The molecule has 0 radical (unpaired) electrons. The van der Waals surface area contributed by atoms with Crippen molar-refractivity contribution in [2.24, 2.45) is 0 Å². The third kappa shape index (κ3) is 3.49. The molecular weight excluding hydrogens is 280 g/mol. The van der Waals surface area contributed by atoms with Crippen LogP contribution in [0.4, 0.5) is 11.4 Å². The van der Waals surface area contributed by atoms with Crippen molar-refractivity contribution >= 4 is 17.3 Å². The number of fused-ring (bicyclic) bond motifs is 1. The molecule has 0 bridgehead atoms. The van der Waals surface area contributed by atoms with E-state index in [4.69, 9.17) is 9.47 Å². The number of aryl methyl sites for hydroxylation is 1. The molecule has 0 unspecified atom stereocenters. The standard InChI is InChI=1S/C17H18N2O3/c1-12-2-4-13(5-3-12)18-9-8-17(20)19-14-6-7-15-16(10-14)22-11-21-15/h2-7,10,18H,8-9,11H2,1H3,(H,19,20). The van der Waals surface area contributed by atoms with Crippen LogP contribution in [0.15, 0.2) is 42.5 Å². The second kappa shape index (κ2) is 6.39. The molecular formula is C17H18N2O3. The zero-order chi connectivity index (χ0) is 15.4. The van der Waals surface area contributed by atoms with Gasteiger partial charge >= 0.3 is 0 Å². The van der Waals surface area contributed by atoms with Crippen LogP contribution in [0.1, 0.15) is 12.0 Å². The number of hydrogen-bond acceptors (Lipinski definition) is 4. The Morgan fingerprint density at radius 1 is 1.05 bits per heavy atom. The van der Waals surface area contributed by atoms with E-state index in [0.717, 1.165) is 5.69 Å². The fourth-order valence-electron chi connectivity index (χ4n) is 2.19. The smallest absolute Gasteiger partial charge is 0.231 e. The van der Waals surface area contributed by atoms with E-state index >= 15 is 0 Å². The van der Waals surface area contributed by atoms with Gasteiger partial charge in [-0.05, 0) is 31.2 Å². The minimum Gasteiger partial charge on any atom is -0.454 e. The predicted molar refractivity (Wildman–Crippen MR) is 85.5 cm³/mol. The van der Waals surface area contributed by atoms with Gasteiger partial charge in [0.25, 0.3) is 0 Å². The fourth-order valence-corrected chi connectivity index (χ4v) is 2.19. The largest absolute Gasteiger partial charge is 0.454 e. The number of amides is 1. The zero-order valence-corrected chi connectivity index (χ0v) is 12.4. The summed E-state index contributed by atoms with van der Waals surface area (Å²) in [5.74, 6) is 1.33. The maximum atomic E-state index is 11.9. The van der Waals surface area contributed by atoms with Crippen LogP contribution in [0.5, 0.6) is 11.5 Å². The number of anilines is 2. The maximum absolute atomic E-state index is 11.9.